The van der Waals surface area contributed by atoms with Gasteiger partial charge in [0.15, 0.2) is 5.13 Å². The molecule has 110 valence electrons. The molecule has 0 aliphatic heterocycles. The molecule has 0 unspecified atom stereocenters. The minimum Gasteiger partial charge on any atom is -0.354 e. The molecule has 1 aromatic heterocycles. The summed E-state index contributed by atoms with van der Waals surface area (Å²) in [5, 5.41) is 6.43. The molecule has 1 fully saturated rings. The number of benzene rings is 1. The van der Waals surface area contributed by atoms with E-state index in [0.717, 1.165) is 23.1 Å². The second-order valence-corrected chi connectivity index (χ2v) is 6.41. The topological polar surface area (TPSA) is 71.1 Å². The number of aromatic nitrogens is 1. The summed E-state index contributed by atoms with van der Waals surface area (Å²) in [6, 6.07) is 7.94. The van der Waals surface area contributed by atoms with Gasteiger partial charge in [0.2, 0.25) is 11.8 Å². The zero-order chi connectivity index (χ0) is 14.8. The van der Waals surface area contributed by atoms with Crippen LogP contribution in [0.4, 0.5) is 5.13 Å². The fourth-order valence-corrected chi connectivity index (χ4v) is 3.64. The first kappa shape index (κ1) is 14.0. The van der Waals surface area contributed by atoms with E-state index >= 15 is 0 Å². The maximum atomic E-state index is 12.3. The zero-order valence-corrected chi connectivity index (χ0v) is 12.6. The van der Waals surface area contributed by atoms with Gasteiger partial charge in [-0.3, -0.25) is 9.59 Å². The SMILES string of the molecule is CC(=O)N[C@H]1CC[C@H](C(=O)Nc2nc3ccccc3s2)C1. The van der Waals surface area contributed by atoms with E-state index in [1.165, 1.54) is 18.3 Å². The number of carbonyl (C=O) groups excluding carboxylic acids is 2. The van der Waals surface area contributed by atoms with Crippen molar-refractivity contribution in [1.29, 1.82) is 0 Å². The Morgan fingerprint density at radius 1 is 1.29 bits per heavy atom. The van der Waals surface area contributed by atoms with Crippen molar-refractivity contribution in [2.24, 2.45) is 5.92 Å². The summed E-state index contributed by atoms with van der Waals surface area (Å²) in [7, 11) is 0. The highest BCUT2D eigenvalue weighted by molar-refractivity contribution is 7.22. The van der Waals surface area contributed by atoms with Crippen LogP contribution >= 0.6 is 11.3 Å². The molecule has 1 aromatic carbocycles. The van der Waals surface area contributed by atoms with Crippen LogP contribution in [0.3, 0.4) is 0 Å². The summed E-state index contributed by atoms with van der Waals surface area (Å²) in [4.78, 5) is 27.7. The van der Waals surface area contributed by atoms with E-state index in [2.05, 4.69) is 15.6 Å². The lowest BCUT2D eigenvalue weighted by Crippen LogP contribution is -2.31. The molecule has 0 bridgehead atoms. The van der Waals surface area contributed by atoms with Crippen LogP contribution in [0, 0.1) is 5.92 Å². The Kier molecular flexibility index (Phi) is 3.88. The third kappa shape index (κ3) is 3.21. The second kappa shape index (κ2) is 5.81. The summed E-state index contributed by atoms with van der Waals surface area (Å²) in [6.07, 6.45) is 2.37. The summed E-state index contributed by atoms with van der Waals surface area (Å²) in [6.45, 7) is 1.51. The van der Waals surface area contributed by atoms with Gasteiger partial charge in [0.05, 0.1) is 10.2 Å². The van der Waals surface area contributed by atoms with Crippen molar-refractivity contribution in [3.8, 4) is 0 Å². The summed E-state index contributed by atoms with van der Waals surface area (Å²) in [5.41, 5.74) is 0.903. The van der Waals surface area contributed by atoms with Gasteiger partial charge in [0, 0.05) is 18.9 Å². The number of para-hydroxylation sites is 1. The van der Waals surface area contributed by atoms with E-state index in [4.69, 9.17) is 0 Å². The highest BCUT2D eigenvalue weighted by Crippen LogP contribution is 2.29. The largest absolute Gasteiger partial charge is 0.354 e. The first-order valence-electron chi connectivity index (χ1n) is 7.05. The number of anilines is 1. The van der Waals surface area contributed by atoms with Crippen LogP contribution in [0.15, 0.2) is 24.3 Å². The van der Waals surface area contributed by atoms with Crippen molar-refractivity contribution in [2.45, 2.75) is 32.2 Å². The van der Waals surface area contributed by atoms with Gasteiger partial charge in [0.1, 0.15) is 0 Å². The maximum Gasteiger partial charge on any atom is 0.229 e. The highest BCUT2D eigenvalue weighted by atomic mass is 32.1. The predicted octanol–water partition coefficient (Wildman–Crippen LogP) is 2.54. The van der Waals surface area contributed by atoms with Gasteiger partial charge < -0.3 is 10.6 Å². The quantitative estimate of drug-likeness (QED) is 0.915. The lowest BCUT2D eigenvalue weighted by atomic mass is 10.1. The van der Waals surface area contributed by atoms with Gasteiger partial charge in [-0.15, -0.1) is 0 Å². The number of amides is 2. The molecular formula is C15H17N3O2S. The third-order valence-corrected chi connectivity index (χ3v) is 4.69. The van der Waals surface area contributed by atoms with E-state index in [0.29, 0.717) is 11.6 Å². The molecule has 21 heavy (non-hydrogen) atoms. The summed E-state index contributed by atoms with van der Waals surface area (Å²) in [5.74, 6) is -0.0806. The number of fused-ring (bicyclic) bond motifs is 1. The Balaban J connectivity index is 1.62. The molecule has 1 aliphatic carbocycles. The number of thiazole rings is 1. The summed E-state index contributed by atoms with van der Waals surface area (Å²) < 4.78 is 1.07. The van der Waals surface area contributed by atoms with Gasteiger partial charge >= 0.3 is 0 Å². The van der Waals surface area contributed by atoms with E-state index in [1.54, 1.807) is 0 Å². The first-order valence-corrected chi connectivity index (χ1v) is 7.87. The molecule has 2 atom stereocenters. The minimum atomic E-state index is -0.0473. The number of hydrogen-bond donors (Lipinski definition) is 2. The van der Waals surface area contributed by atoms with Crippen molar-refractivity contribution in [3.63, 3.8) is 0 Å². The standard InChI is InChI=1S/C15H17N3O2S/c1-9(19)16-11-7-6-10(8-11)14(20)18-15-17-12-4-2-3-5-13(12)21-15/h2-5,10-11H,6-8H2,1H3,(H,16,19)(H,17,18,20)/t10-,11-/m0/s1. The van der Waals surface area contributed by atoms with Crippen molar-refractivity contribution in [2.75, 3.05) is 5.32 Å². The van der Waals surface area contributed by atoms with Crippen LogP contribution in [-0.4, -0.2) is 22.8 Å². The Labute approximate surface area is 126 Å². The molecule has 2 N–H and O–H groups in total. The smallest absolute Gasteiger partial charge is 0.229 e. The molecule has 1 aliphatic rings. The van der Waals surface area contributed by atoms with Crippen LogP contribution in [0.5, 0.6) is 0 Å². The van der Waals surface area contributed by atoms with E-state index in [9.17, 15) is 9.59 Å². The number of hydrogen-bond acceptors (Lipinski definition) is 4. The normalized spacial score (nSPS) is 21.4. The highest BCUT2D eigenvalue weighted by Gasteiger charge is 2.30. The van der Waals surface area contributed by atoms with E-state index < -0.39 is 0 Å². The van der Waals surface area contributed by atoms with E-state index in [1.807, 2.05) is 24.3 Å². The van der Waals surface area contributed by atoms with Gasteiger partial charge in [-0.2, -0.15) is 0 Å². The Bertz CT molecular complexity index is 649. The molecule has 1 heterocycles. The lowest BCUT2D eigenvalue weighted by molar-refractivity contribution is -0.121. The van der Waals surface area contributed by atoms with Crippen LogP contribution in [0.25, 0.3) is 10.2 Å². The predicted molar refractivity (Wildman–Crippen MR) is 83.2 cm³/mol. The molecule has 0 spiro atoms. The zero-order valence-electron chi connectivity index (χ0n) is 11.8. The number of rotatable bonds is 3. The minimum absolute atomic E-state index is 0.00177. The average Bonchev–Trinajstić information content (AvgIpc) is 3.03. The molecule has 0 radical (unpaired) electrons. The lowest BCUT2D eigenvalue weighted by Gasteiger charge is -2.11. The van der Waals surface area contributed by atoms with Gasteiger partial charge in [-0.25, -0.2) is 4.98 Å². The Hall–Kier alpha value is -1.95. The van der Waals surface area contributed by atoms with Crippen molar-refractivity contribution >= 4 is 38.5 Å². The third-order valence-electron chi connectivity index (χ3n) is 3.73. The van der Waals surface area contributed by atoms with Crippen molar-refractivity contribution in [3.05, 3.63) is 24.3 Å². The van der Waals surface area contributed by atoms with Gasteiger partial charge in [-0.05, 0) is 31.4 Å². The fraction of sp³-hybridized carbons (Fsp3) is 0.400. The van der Waals surface area contributed by atoms with Crippen LogP contribution in [-0.2, 0) is 9.59 Å². The number of carbonyl (C=O) groups is 2. The van der Waals surface area contributed by atoms with Crippen molar-refractivity contribution in [1.82, 2.24) is 10.3 Å². The molecule has 2 amide bonds. The molecule has 0 saturated heterocycles. The molecule has 5 nitrogen and oxygen atoms in total. The number of nitrogens with zero attached hydrogens (tertiary/aromatic N) is 1. The Morgan fingerprint density at radius 2 is 2.10 bits per heavy atom. The molecule has 2 aromatic rings. The van der Waals surface area contributed by atoms with E-state index in [-0.39, 0.29) is 23.8 Å². The first-order chi connectivity index (χ1) is 10.1. The van der Waals surface area contributed by atoms with Crippen molar-refractivity contribution < 1.29 is 9.59 Å². The maximum absolute atomic E-state index is 12.3. The molecule has 3 rings (SSSR count). The van der Waals surface area contributed by atoms with Crippen LogP contribution in [0.2, 0.25) is 0 Å². The second-order valence-electron chi connectivity index (χ2n) is 5.38. The monoisotopic (exact) mass is 303 g/mol. The number of nitrogens with one attached hydrogen (secondary N) is 2. The van der Waals surface area contributed by atoms with Gasteiger partial charge in [-0.1, -0.05) is 23.5 Å². The molecule has 1 saturated carbocycles. The van der Waals surface area contributed by atoms with Gasteiger partial charge in [0.25, 0.3) is 0 Å². The Morgan fingerprint density at radius 3 is 2.86 bits per heavy atom. The average molecular weight is 303 g/mol. The van der Waals surface area contributed by atoms with Crippen LogP contribution in [0.1, 0.15) is 26.2 Å². The van der Waals surface area contributed by atoms with Crippen LogP contribution < -0.4 is 10.6 Å². The molecular weight excluding hydrogens is 286 g/mol. The summed E-state index contributed by atoms with van der Waals surface area (Å²) >= 11 is 1.48. The fourth-order valence-electron chi connectivity index (χ4n) is 2.77. The molecule has 6 heteroatoms.